The number of hydrogen-bond acceptors (Lipinski definition) is 4. The van der Waals surface area contributed by atoms with Gasteiger partial charge in [0.25, 0.3) is 0 Å². The number of aromatic nitrogens is 3. The highest BCUT2D eigenvalue weighted by molar-refractivity contribution is 7.26. The highest BCUT2D eigenvalue weighted by Gasteiger charge is 2.15. The number of halogens is 1. The number of benzene rings is 5. The number of fused-ring (bicyclic) bond motifs is 3. The van der Waals surface area contributed by atoms with E-state index < -0.39 is 0 Å². The van der Waals surface area contributed by atoms with Crippen LogP contribution in [-0.4, -0.2) is 15.0 Å². The molecule has 0 saturated heterocycles. The molecule has 0 aliphatic rings. The molecule has 7 rings (SSSR count). The first-order valence-corrected chi connectivity index (χ1v) is 13.5. The van der Waals surface area contributed by atoms with Crippen molar-refractivity contribution in [2.75, 3.05) is 0 Å². The third-order valence-electron chi connectivity index (χ3n) is 6.57. The lowest BCUT2D eigenvalue weighted by Crippen LogP contribution is -2.00. The molecule has 38 heavy (non-hydrogen) atoms. The molecule has 0 N–H and O–H groups in total. The van der Waals surface area contributed by atoms with Crippen LogP contribution in [0.5, 0.6) is 0 Å². The van der Waals surface area contributed by atoms with E-state index in [-0.39, 0.29) is 0 Å². The Morgan fingerprint density at radius 2 is 1.03 bits per heavy atom. The second kappa shape index (κ2) is 9.49. The van der Waals surface area contributed by atoms with Gasteiger partial charge in [-0.3, -0.25) is 0 Å². The molecular formula is C33H20ClN3S. The molecule has 0 amide bonds. The zero-order valence-electron chi connectivity index (χ0n) is 20.2. The van der Waals surface area contributed by atoms with Crippen LogP contribution >= 0.6 is 22.9 Å². The Kier molecular flexibility index (Phi) is 5.69. The Balaban J connectivity index is 1.43. The first-order valence-electron chi connectivity index (χ1n) is 12.3. The Bertz CT molecular complexity index is 1870. The van der Waals surface area contributed by atoms with Gasteiger partial charge in [0.2, 0.25) is 0 Å². The van der Waals surface area contributed by atoms with Crippen molar-refractivity contribution in [1.82, 2.24) is 15.0 Å². The predicted molar refractivity (Wildman–Crippen MR) is 159 cm³/mol. The summed E-state index contributed by atoms with van der Waals surface area (Å²) in [4.78, 5) is 14.6. The zero-order valence-corrected chi connectivity index (χ0v) is 21.7. The summed E-state index contributed by atoms with van der Waals surface area (Å²) in [5, 5.41) is 3.16. The molecule has 2 heterocycles. The maximum absolute atomic E-state index is 6.73. The van der Waals surface area contributed by atoms with E-state index >= 15 is 0 Å². The highest BCUT2D eigenvalue weighted by atomic mass is 35.5. The Hall–Kier alpha value is -4.38. The van der Waals surface area contributed by atoms with Crippen molar-refractivity contribution in [2.24, 2.45) is 0 Å². The molecule has 0 aliphatic heterocycles. The van der Waals surface area contributed by atoms with Crippen LogP contribution in [0.25, 0.3) is 65.5 Å². The van der Waals surface area contributed by atoms with E-state index in [1.165, 1.54) is 20.2 Å². The van der Waals surface area contributed by atoms with Crippen molar-refractivity contribution in [3.8, 4) is 45.3 Å². The van der Waals surface area contributed by atoms with Gasteiger partial charge in [-0.15, -0.1) is 11.3 Å². The van der Waals surface area contributed by atoms with Gasteiger partial charge in [-0.1, -0.05) is 109 Å². The van der Waals surface area contributed by atoms with Crippen LogP contribution in [0.1, 0.15) is 0 Å². The molecular weight excluding hydrogens is 506 g/mol. The fourth-order valence-electron chi connectivity index (χ4n) is 4.79. The molecule has 2 aromatic heterocycles. The molecule has 3 nitrogen and oxygen atoms in total. The Morgan fingerprint density at radius 3 is 1.71 bits per heavy atom. The molecule has 5 aromatic carbocycles. The van der Waals surface area contributed by atoms with E-state index in [1.807, 2.05) is 72.8 Å². The predicted octanol–water partition coefficient (Wildman–Crippen LogP) is 9.56. The van der Waals surface area contributed by atoms with Gasteiger partial charge in [-0.2, -0.15) is 0 Å². The van der Waals surface area contributed by atoms with Gasteiger partial charge in [0.15, 0.2) is 17.5 Å². The van der Waals surface area contributed by atoms with E-state index in [9.17, 15) is 0 Å². The van der Waals surface area contributed by atoms with Gasteiger partial charge in [-0.25, -0.2) is 15.0 Å². The zero-order chi connectivity index (χ0) is 25.5. The van der Waals surface area contributed by atoms with Gasteiger partial charge in [0.1, 0.15) is 0 Å². The lowest BCUT2D eigenvalue weighted by atomic mass is 10.0. The van der Waals surface area contributed by atoms with Crippen LogP contribution in [0, 0.1) is 0 Å². The second-order valence-electron chi connectivity index (χ2n) is 9.05. The third-order valence-corrected chi connectivity index (χ3v) is 8.01. The number of nitrogens with zero attached hydrogens (tertiary/aromatic N) is 3. The molecule has 7 aromatic rings. The number of thiophene rings is 1. The summed E-state index contributed by atoms with van der Waals surface area (Å²) < 4.78 is 2.52. The van der Waals surface area contributed by atoms with Gasteiger partial charge in [0.05, 0.1) is 0 Å². The average Bonchev–Trinajstić information content (AvgIpc) is 3.36. The summed E-state index contributed by atoms with van der Waals surface area (Å²) in [5.41, 5.74) is 4.90. The average molecular weight is 526 g/mol. The smallest absolute Gasteiger partial charge is 0.164 e. The van der Waals surface area contributed by atoms with Crippen LogP contribution in [0.3, 0.4) is 0 Å². The van der Waals surface area contributed by atoms with Crippen LogP contribution in [-0.2, 0) is 0 Å². The molecule has 0 radical (unpaired) electrons. The maximum atomic E-state index is 6.73. The second-order valence-corrected chi connectivity index (χ2v) is 10.5. The molecule has 0 aliphatic carbocycles. The summed E-state index contributed by atoms with van der Waals surface area (Å²) in [5.74, 6) is 1.84. The molecule has 0 spiro atoms. The van der Waals surface area contributed by atoms with Crippen molar-refractivity contribution >= 4 is 43.1 Å². The SMILES string of the molecule is Clc1cc(-c2nc(-c3ccccc3)nc(-c3ccccc3)n2)cc(-c2cccc3c2sc2ccccc23)c1. The topological polar surface area (TPSA) is 38.7 Å². The Labute approximate surface area is 229 Å². The van der Waals surface area contributed by atoms with Crippen LogP contribution < -0.4 is 0 Å². The first kappa shape index (κ1) is 22.8. The minimum atomic E-state index is 0.588. The van der Waals surface area contributed by atoms with Crippen LogP contribution in [0.4, 0.5) is 0 Å². The monoisotopic (exact) mass is 525 g/mol. The summed E-state index contributed by atoms with van der Waals surface area (Å²) in [6.45, 7) is 0. The largest absolute Gasteiger partial charge is 0.208 e. The first-order chi connectivity index (χ1) is 18.7. The van der Waals surface area contributed by atoms with Crippen molar-refractivity contribution in [3.63, 3.8) is 0 Å². The number of rotatable bonds is 4. The summed E-state index contributed by atoms with van der Waals surface area (Å²) in [7, 11) is 0. The standard InChI is InChI=1S/C33H20ClN3S/c34-25-19-23(26-15-9-16-28-27-14-7-8-17-29(27)38-30(26)28)18-24(20-25)33-36-31(21-10-3-1-4-11-21)35-32(37-33)22-12-5-2-6-13-22/h1-20H. The van der Waals surface area contributed by atoms with Gasteiger partial charge < -0.3 is 0 Å². The van der Waals surface area contributed by atoms with E-state index in [1.54, 1.807) is 11.3 Å². The van der Waals surface area contributed by atoms with Crippen LogP contribution in [0.2, 0.25) is 5.02 Å². The van der Waals surface area contributed by atoms with Crippen LogP contribution in [0.15, 0.2) is 121 Å². The van der Waals surface area contributed by atoms with Crippen molar-refractivity contribution < 1.29 is 0 Å². The van der Waals surface area contributed by atoms with Crippen molar-refractivity contribution in [1.29, 1.82) is 0 Å². The minimum Gasteiger partial charge on any atom is -0.208 e. The number of hydrogen-bond donors (Lipinski definition) is 0. The molecule has 0 unspecified atom stereocenters. The lowest BCUT2D eigenvalue weighted by Gasteiger charge is -2.11. The molecule has 0 atom stereocenters. The Morgan fingerprint density at radius 1 is 0.474 bits per heavy atom. The van der Waals surface area contributed by atoms with Crippen molar-refractivity contribution in [3.05, 3.63) is 126 Å². The fourth-order valence-corrected chi connectivity index (χ4v) is 6.26. The summed E-state index contributed by atoms with van der Waals surface area (Å²) >= 11 is 8.53. The molecule has 0 saturated carbocycles. The van der Waals surface area contributed by atoms with E-state index in [2.05, 4.69) is 48.5 Å². The maximum Gasteiger partial charge on any atom is 0.164 e. The quantitative estimate of drug-likeness (QED) is 0.229. The van der Waals surface area contributed by atoms with E-state index in [0.29, 0.717) is 22.5 Å². The summed E-state index contributed by atoms with van der Waals surface area (Å²) in [6, 6.07) is 41.1. The van der Waals surface area contributed by atoms with Gasteiger partial charge in [0, 0.05) is 41.9 Å². The van der Waals surface area contributed by atoms with Crippen molar-refractivity contribution in [2.45, 2.75) is 0 Å². The molecule has 0 fully saturated rings. The normalized spacial score (nSPS) is 11.3. The minimum absolute atomic E-state index is 0.588. The molecule has 180 valence electrons. The molecule has 0 bridgehead atoms. The molecule has 5 heteroatoms. The van der Waals surface area contributed by atoms with Gasteiger partial charge >= 0.3 is 0 Å². The summed E-state index contributed by atoms with van der Waals surface area (Å²) in [6.07, 6.45) is 0. The third kappa shape index (κ3) is 4.14. The highest BCUT2D eigenvalue weighted by Crippen LogP contribution is 2.41. The fraction of sp³-hybridized carbons (Fsp3) is 0. The van der Waals surface area contributed by atoms with E-state index in [4.69, 9.17) is 26.6 Å². The lowest BCUT2D eigenvalue weighted by molar-refractivity contribution is 1.07. The van der Waals surface area contributed by atoms with E-state index in [0.717, 1.165) is 27.8 Å². The van der Waals surface area contributed by atoms with Gasteiger partial charge in [-0.05, 0) is 35.4 Å².